The highest BCUT2D eigenvalue weighted by molar-refractivity contribution is 7.16. The van der Waals surface area contributed by atoms with Gasteiger partial charge < -0.3 is 0 Å². The van der Waals surface area contributed by atoms with E-state index in [1.54, 1.807) is 6.07 Å². The molecule has 1 N–H and O–H groups in total. The topological polar surface area (TPSA) is 59.8 Å². The number of carbonyl (C=O) groups is 1. The molecule has 1 amide bonds. The summed E-state index contributed by atoms with van der Waals surface area (Å²) in [5.41, 5.74) is 3.35. The Morgan fingerprint density at radius 3 is 3.09 bits per heavy atom. The van der Waals surface area contributed by atoms with Gasteiger partial charge in [0.2, 0.25) is 0 Å². The van der Waals surface area contributed by atoms with Crippen molar-refractivity contribution in [1.82, 2.24) is 14.8 Å². The number of benzene rings is 1. The van der Waals surface area contributed by atoms with Gasteiger partial charge >= 0.3 is 0 Å². The number of aromatic nitrogens is 3. The summed E-state index contributed by atoms with van der Waals surface area (Å²) in [5, 5.41) is 7.56. The number of hydrogen-bond acceptors (Lipinski definition) is 4. The molecule has 1 aliphatic carbocycles. The zero-order chi connectivity index (χ0) is 16.0. The zero-order valence-corrected chi connectivity index (χ0v) is 13.2. The Morgan fingerprint density at radius 1 is 1.39 bits per heavy atom. The molecule has 0 aliphatic heterocycles. The molecule has 0 saturated heterocycles. The second-order valence-corrected chi connectivity index (χ2v) is 6.47. The van der Waals surface area contributed by atoms with Gasteiger partial charge in [0.05, 0.1) is 11.9 Å². The van der Waals surface area contributed by atoms with Gasteiger partial charge in [-0.05, 0) is 31.0 Å². The molecule has 0 saturated carbocycles. The van der Waals surface area contributed by atoms with Crippen LogP contribution in [0.1, 0.15) is 20.9 Å². The quantitative estimate of drug-likeness (QED) is 0.786. The lowest BCUT2D eigenvalue weighted by Gasteiger charge is -2.10. The molecular formula is C16H13FN4OS. The minimum Gasteiger partial charge on any atom is -0.298 e. The SMILES string of the molecule is Cn1ncc2c1CCc1sc(NC(=O)c3cccc(F)c3)nc1-2. The summed E-state index contributed by atoms with van der Waals surface area (Å²) in [6, 6.07) is 5.61. The van der Waals surface area contributed by atoms with Crippen molar-refractivity contribution in [1.29, 1.82) is 0 Å². The average Bonchev–Trinajstić information content (AvgIpc) is 3.10. The van der Waals surface area contributed by atoms with Crippen LogP contribution in [0.5, 0.6) is 0 Å². The Balaban J connectivity index is 1.63. The number of fused-ring (bicyclic) bond motifs is 3. The highest BCUT2D eigenvalue weighted by Gasteiger charge is 2.24. The third-order valence-corrected chi connectivity index (χ3v) is 4.94. The van der Waals surface area contributed by atoms with E-state index >= 15 is 0 Å². The first-order valence-electron chi connectivity index (χ1n) is 7.19. The lowest BCUT2D eigenvalue weighted by molar-refractivity contribution is 0.102. The second-order valence-electron chi connectivity index (χ2n) is 5.38. The van der Waals surface area contributed by atoms with Crippen molar-refractivity contribution in [2.75, 3.05) is 5.32 Å². The predicted molar refractivity (Wildman–Crippen MR) is 86.1 cm³/mol. The summed E-state index contributed by atoms with van der Waals surface area (Å²) in [7, 11) is 1.92. The van der Waals surface area contributed by atoms with Crippen molar-refractivity contribution in [3.8, 4) is 11.3 Å². The Hall–Kier alpha value is -2.54. The van der Waals surface area contributed by atoms with Crippen molar-refractivity contribution < 1.29 is 9.18 Å². The van der Waals surface area contributed by atoms with Gasteiger partial charge in [0, 0.05) is 28.7 Å². The maximum Gasteiger partial charge on any atom is 0.257 e. The molecule has 1 aromatic carbocycles. The molecule has 23 heavy (non-hydrogen) atoms. The van der Waals surface area contributed by atoms with Crippen LogP contribution >= 0.6 is 11.3 Å². The average molecular weight is 328 g/mol. The summed E-state index contributed by atoms with van der Waals surface area (Å²) >= 11 is 1.46. The summed E-state index contributed by atoms with van der Waals surface area (Å²) < 4.78 is 15.1. The molecule has 3 aromatic rings. The smallest absolute Gasteiger partial charge is 0.257 e. The monoisotopic (exact) mass is 328 g/mol. The lowest BCUT2D eigenvalue weighted by Crippen LogP contribution is -2.11. The zero-order valence-electron chi connectivity index (χ0n) is 12.3. The number of carbonyl (C=O) groups excluding carboxylic acids is 1. The van der Waals surface area contributed by atoms with E-state index in [0.717, 1.165) is 34.7 Å². The molecule has 7 heteroatoms. The highest BCUT2D eigenvalue weighted by atomic mass is 32.1. The van der Waals surface area contributed by atoms with Crippen LogP contribution in [0.3, 0.4) is 0 Å². The fraction of sp³-hybridized carbons (Fsp3) is 0.188. The summed E-state index contributed by atoms with van der Waals surface area (Å²) in [5.74, 6) is -0.793. The number of rotatable bonds is 2. The van der Waals surface area contributed by atoms with Crippen molar-refractivity contribution in [3.63, 3.8) is 0 Å². The van der Waals surface area contributed by atoms with Gasteiger partial charge in [0.25, 0.3) is 5.91 Å². The first-order chi connectivity index (χ1) is 11.1. The molecule has 116 valence electrons. The number of aryl methyl sites for hydroxylation is 2. The first kappa shape index (κ1) is 14.1. The van der Waals surface area contributed by atoms with E-state index in [2.05, 4.69) is 15.4 Å². The molecule has 2 heterocycles. The normalized spacial score (nSPS) is 12.6. The Kier molecular flexibility index (Phi) is 3.23. The molecule has 0 bridgehead atoms. The first-order valence-corrected chi connectivity index (χ1v) is 8.01. The van der Waals surface area contributed by atoms with Gasteiger partial charge in [-0.25, -0.2) is 9.37 Å². The van der Waals surface area contributed by atoms with Gasteiger partial charge in [-0.15, -0.1) is 11.3 Å². The Bertz CT molecular complexity index is 915. The van der Waals surface area contributed by atoms with E-state index in [9.17, 15) is 9.18 Å². The number of halogens is 1. The van der Waals surface area contributed by atoms with E-state index in [1.165, 1.54) is 29.5 Å². The summed E-state index contributed by atoms with van der Waals surface area (Å²) in [6.45, 7) is 0. The van der Waals surface area contributed by atoms with Crippen LogP contribution in [-0.2, 0) is 19.9 Å². The van der Waals surface area contributed by atoms with E-state index < -0.39 is 5.82 Å². The molecular weight excluding hydrogens is 315 g/mol. The van der Waals surface area contributed by atoms with E-state index in [4.69, 9.17) is 0 Å². The number of thiazole rings is 1. The molecule has 1 aliphatic rings. The van der Waals surface area contributed by atoms with Crippen molar-refractivity contribution >= 4 is 22.4 Å². The second kappa shape index (κ2) is 5.27. The predicted octanol–water partition coefficient (Wildman–Crippen LogP) is 3.03. The van der Waals surface area contributed by atoms with Crippen LogP contribution in [0.15, 0.2) is 30.5 Å². The fourth-order valence-electron chi connectivity index (χ4n) is 2.77. The number of amides is 1. The minimum absolute atomic E-state index is 0.278. The van der Waals surface area contributed by atoms with Crippen molar-refractivity contribution in [2.45, 2.75) is 12.8 Å². The van der Waals surface area contributed by atoms with Crippen molar-refractivity contribution in [3.05, 3.63) is 52.4 Å². The van der Waals surface area contributed by atoms with Crippen LogP contribution in [0.4, 0.5) is 9.52 Å². The minimum atomic E-state index is -0.434. The lowest BCUT2D eigenvalue weighted by atomic mass is 10.0. The van der Waals surface area contributed by atoms with Gasteiger partial charge in [0.15, 0.2) is 5.13 Å². The Labute approximate surface area is 135 Å². The van der Waals surface area contributed by atoms with E-state index in [-0.39, 0.29) is 11.5 Å². The van der Waals surface area contributed by atoms with Crippen LogP contribution < -0.4 is 5.32 Å². The van der Waals surface area contributed by atoms with Crippen molar-refractivity contribution in [2.24, 2.45) is 7.05 Å². The van der Waals surface area contributed by atoms with Gasteiger partial charge in [-0.3, -0.25) is 14.8 Å². The fourth-order valence-corrected chi connectivity index (χ4v) is 3.74. The summed E-state index contributed by atoms with van der Waals surface area (Å²) in [4.78, 5) is 17.9. The molecule has 4 rings (SSSR count). The third-order valence-electron chi connectivity index (χ3n) is 3.91. The summed E-state index contributed by atoms with van der Waals surface area (Å²) in [6.07, 6.45) is 3.61. The van der Waals surface area contributed by atoms with Crippen LogP contribution in [0.2, 0.25) is 0 Å². The van der Waals surface area contributed by atoms with Crippen LogP contribution in [0.25, 0.3) is 11.3 Å². The molecule has 0 spiro atoms. The highest BCUT2D eigenvalue weighted by Crippen LogP contribution is 2.37. The number of hydrogen-bond donors (Lipinski definition) is 1. The van der Waals surface area contributed by atoms with Gasteiger partial charge in [0.1, 0.15) is 5.82 Å². The number of anilines is 1. The maximum absolute atomic E-state index is 13.2. The molecule has 5 nitrogen and oxygen atoms in total. The van der Waals surface area contributed by atoms with Crippen LogP contribution in [0, 0.1) is 5.82 Å². The Morgan fingerprint density at radius 2 is 2.26 bits per heavy atom. The standard InChI is InChI=1S/C16H13FN4OS/c1-21-12-5-6-13-14(11(12)8-18-21)19-16(23-13)20-15(22)9-3-2-4-10(17)7-9/h2-4,7-8H,5-6H2,1H3,(H,19,20,22). The maximum atomic E-state index is 13.2. The number of nitrogens with zero attached hydrogens (tertiary/aromatic N) is 3. The van der Waals surface area contributed by atoms with Crippen LogP contribution in [-0.4, -0.2) is 20.7 Å². The van der Waals surface area contributed by atoms with Gasteiger partial charge in [-0.1, -0.05) is 6.07 Å². The van der Waals surface area contributed by atoms with E-state index in [0.29, 0.717) is 5.13 Å². The molecule has 0 unspecified atom stereocenters. The number of nitrogens with one attached hydrogen (secondary N) is 1. The molecule has 0 radical (unpaired) electrons. The third kappa shape index (κ3) is 2.43. The molecule has 0 atom stereocenters. The van der Waals surface area contributed by atoms with Gasteiger partial charge in [-0.2, -0.15) is 5.10 Å². The largest absolute Gasteiger partial charge is 0.298 e. The van der Waals surface area contributed by atoms with E-state index in [1.807, 2.05) is 17.9 Å². The molecule has 2 aromatic heterocycles. The molecule has 0 fully saturated rings.